The first-order valence-corrected chi connectivity index (χ1v) is 11.0. The van der Waals surface area contributed by atoms with Crippen molar-refractivity contribution in [2.24, 2.45) is 13.0 Å². The lowest BCUT2D eigenvalue weighted by molar-refractivity contribution is -0.130. The van der Waals surface area contributed by atoms with Crippen LogP contribution in [0.1, 0.15) is 33.0 Å². The van der Waals surface area contributed by atoms with Gasteiger partial charge >= 0.3 is 0 Å². The van der Waals surface area contributed by atoms with Crippen LogP contribution in [0.15, 0.2) is 5.16 Å². The van der Waals surface area contributed by atoms with Crippen molar-refractivity contribution in [2.75, 3.05) is 23.8 Å². The highest BCUT2D eigenvalue weighted by atomic mass is 32.2. The summed E-state index contributed by atoms with van der Waals surface area (Å²) in [6, 6.07) is -0.198. The Labute approximate surface area is 148 Å². The number of carbonyl (C=O) groups is 1. The summed E-state index contributed by atoms with van der Waals surface area (Å²) in [5.41, 5.74) is 0. The number of aryl methyl sites for hydroxylation is 1. The van der Waals surface area contributed by atoms with Gasteiger partial charge in [0.1, 0.15) is 5.82 Å². The average Bonchev–Trinajstić information content (AvgIpc) is 3.04. The number of amides is 1. The third-order valence-electron chi connectivity index (χ3n) is 4.10. The molecule has 7 nitrogen and oxygen atoms in total. The van der Waals surface area contributed by atoms with Gasteiger partial charge in [-0.2, -0.15) is 0 Å². The number of sulfone groups is 1. The van der Waals surface area contributed by atoms with Crippen molar-refractivity contribution >= 4 is 27.5 Å². The Morgan fingerprint density at radius 1 is 1.42 bits per heavy atom. The van der Waals surface area contributed by atoms with E-state index in [4.69, 9.17) is 0 Å². The first-order chi connectivity index (χ1) is 11.2. The second-order valence-corrected chi connectivity index (χ2v) is 9.77. The number of hydrogen-bond donors (Lipinski definition) is 0. The minimum Gasteiger partial charge on any atom is -0.338 e. The predicted molar refractivity (Wildman–Crippen MR) is 94.7 cm³/mol. The van der Waals surface area contributed by atoms with Gasteiger partial charge in [-0.05, 0) is 12.3 Å². The molecule has 1 unspecified atom stereocenters. The van der Waals surface area contributed by atoms with E-state index in [0.29, 0.717) is 24.0 Å². The largest absolute Gasteiger partial charge is 0.338 e. The van der Waals surface area contributed by atoms with Crippen LogP contribution in [0.4, 0.5) is 0 Å². The molecule has 0 spiro atoms. The smallest absolute Gasteiger partial charge is 0.233 e. The zero-order chi connectivity index (χ0) is 17.9. The SMILES string of the molecule is CCc1nnc(SCC(=O)N(CC(C)C)C2CCS(=O)(=O)C2)n1C. The molecule has 0 aromatic carbocycles. The van der Waals surface area contributed by atoms with E-state index >= 15 is 0 Å². The van der Waals surface area contributed by atoms with E-state index in [9.17, 15) is 13.2 Å². The summed E-state index contributed by atoms with van der Waals surface area (Å²) < 4.78 is 25.4. The van der Waals surface area contributed by atoms with Crippen molar-refractivity contribution in [3.63, 3.8) is 0 Å². The molecule has 0 aliphatic carbocycles. The minimum absolute atomic E-state index is 0.0307. The van der Waals surface area contributed by atoms with Gasteiger partial charge in [-0.3, -0.25) is 4.79 Å². The molecule has 0 N–H and O–H groups in total. The first kappa shape index (κ1) is 19.2. The van der Waals surface area contributed by atoms with E-state index in [0.717, 1.165) is 12.2 Å². The number of thioether (sulfide) groups is 1. The van der Waals surface area contributed by atoms with Crippen molar-refractivity contribution in [3.05, 3.63) is 5.82 Å². The van der Waals surface area contributed by atoms with Crippen molar-refractivity contribution < 1.29 is 13.2 Å². The van der Waals surface area contributed by atoms with Gasteiger partial charge in [0.05, 0.1) is 17.3 Å². The second-order valence-electron chi connectivity index (χ2n) is 6.60. The van der Waals surface area contributed by atoms with Crippen LogP contribution >= 0.6 is 11.8 Å². The average molecular weight is 375 g/mol. The van der Waals surface area contributed by atoms with E-state index in [2.05, 4.69) is 10.2 Å². The standard InChI is InChI=1S/C15H26N4O3S2/c1-5-13-16-17-15(18(13)4)23-9-14(20)19(8-11(2)3)12-6-7-24(21,22)10-12/h11-12H,5-10H2,1-4H3. The molecule has 1 aliphatic heterocycles. The quantitative estimate of drug-likeness (QED) is 0.666. The third kappa shape index (κ3) is 4.72. The summed E-state index contributed by atoms with van der Waals surface area (Å²) in [6.07, 6.45) is 1.33. The molecule has 0 saturated carbocycles. The summed E-state index contributed by atoms with van der Waals surface area (Å²) in [7, 11) is -1.12. The van der Waals surface area contributed by atoms with Gasteiger partial charge in [0.15, 0.2) is 15.0 Å². The fraction of sp³-hybridized carbons (Fsp3) is 0.800. The third-order valence-corrected chi connectivity index (χ3v) is 6.85. The highest BCUT2D eigenvalue weighted by molar-refractivity contribution is 7.99. The van der Waals surface area contributed by atoms with Gasteiger partial charge in [-0.15, -0.1) is 10.2 Å². The molecule has 1 atom stereocenters. The lowest BCUT2D eigenvalue weighted by Crippen LogP contribution is -2.44. The number of carbonyl (C=O) groups excluding carboxylic acids is 1. The Kier molecular flexibility index (Phi) is 6.30. The lowest BCUT2D eigenvalue weighted by atomic mass is 10.1. The van der Waals surface area contributed by atoms with Crippen LogP contribution in [0.3, 0.4) is 0 Å². The second kappa shape index (κ2) is 7.86. The van der Waals surface area contributed by atoms with Gasteiger partial charge in [-0.1, -0.05) is 32.5 Å². The minimum atomic E-state index is -3.01. The van der Waals surface area contributed by atoms with Gasteiger partial charge in [0.25, 0.3) is 0 Å². The van der Waals surface area contributed by atoms with Crippen molar-refractivity contribution in [1.29, 1.82) is 0 Å². The highest BCUT2D eigenvalue weighted by Crippen LogP contribution is 2.22. The van der Waals surface area contributed by atoms with E-state index in [1.165, 1.54) is 11.8 Å². The Bertz CT molecular complexity index is 685. The van der Waals surface area contributed by atoms with Gasteiger partial charge in [0.2, 0.25) is 5.91 Å². The molecule has 2 rings (SSSR count). The molecule has 1 aromatic rings. The van der Waals surface area contributed by atoms with Gasteiger partial charge in [-0.25, -0.2) is 8.42 Å². The fourth-order valence-electron chi connectivity index (χ4n) is 2.86. The van der Waals surface area contributed by atoms with Gasteiger partial charge in [0, 0.05) is 26.1 Å². The lowest BCUT2D eigenvalue weighted by Gasteiger charge is -2.29. The molecule has 1 saturated heterocycles. The molecule has 136 valence electrons. The molecule has 24 heavy (non-hydrogen) atoms. The monoisotopic (exact) mass is 374 g/mol. The van der Waals surface area contributed by atoms with E-state index < -0.39 is 9.84 Å². The normalized spacial score (nSPS) is 19.8. The highest BCUT2D eigenvalue weighted by Gasteiger charge is 2.34. The molecule has 2 heterocycles. The number of hydrogen-bond acceptors (Lipinski definition) is 6. The van der Waals surface area contributed by atoms with Crippen molar-refractivity contribution in [2.45, 2.75) is 44.8 Å². The summed E-state index contributed by atoms with van der Waals surface area (Å²) in [5, 5.41) is 8.91. The predicted octanol–water partition coefficient (Wildman–Crippen LogP) is 1.14. The summed E-state index contributed by atoms with van der Waals surface area (Å²) in [5.74, 6) is 1.65. The van der Waals surface area contributed by atoms with Gasteiger partial charge < -0.3 is 9.47 Å². The molecule has 0 radical (unpaired) electrons. The molecule has 0 bridgehead atoms. The maximum Gasteiger partial charge on any atom is 0.233 e. The molecule has 1 aliphatic rings. The maximum atomic E-state index is 12.7. The first-order valence-electron chi connectivity index (χ1n) is 8.24. The number of aromatic nitrogens is 3. The van der Waals surface area contributed by atoms with Crippen LogP contribution in [0.5, 0.6) is 0 Å². The zero-order valence-corrected chi connectivity index (χ0v) is 16.4. The van der Waals surface area contributed by atoms with Crippen LogP contribution in [0.2, 0.25) is 0 Å². The summed E-state index contributed by atoms with van der Waals surface area (Å²) in [4.78, 5) is 14.4. The van der Waals surface area contributed by atoms with Crippen LogP contribution in [0, 0.1) is 5.92 Å². The van der Waals surface area contributed by atoms with Crippen molar-refractivity contribution in [3.8, 4) is 0 Å². The van der Waals surface area contributed by atoms with E-state index in [1.807, 2.05) is 32.4 Å². The molecule has 1 fully saturated rings. The molecular formula is C15H26N4O3S2. The maximum absolute atomic E-state index is 12.7. The van der Waals surface area contributed by atoms with E-state index in [1.54, 1.807) is 4.90 Å². The Morgan fingerprint density at radius 2 is 2.12 bits per heavy atom. The van der Waals surface area contributed by atoms with Crippen LogP contribution in [0.25, 0.3) is 0 Å². The topological polar surface area (TPSA) is 85.2 Å². The Balaban J connectivity index is 2.03. The summed E-state index contributed by atoms with van der Waals surface area (Å²) >= 11 is 1.35. The number of rotatable bonds is 7. The zero-order valence-electron chi connectivity index (χ0n) is 14.7. The van der Waals surface area contributed by atoms with Crippen LogP contribution in [-0.4, -0.2) is 63.8 Å². The number of nitrogens with zero attached hydrogens (tertiary/aromatic N) is 4. The Hall–Kier alpha value is -1.09. The molecule has 9 heteroatoms. The Morgan fingerprint density at radius 3 is 2.62 bits per heavy atom. The molecule has 1 amide bonds. The molecule has 1 aromatic heterocycles. The fourth-order valence-corrected chi connectivity index (χ4v) is 5.40. The van der Waals surface area contributed by atoms with Crippen LogP contribution in [-0.2, 0) is 28.1 Å². The summed E-state index contributed by atoms with van der Waals surface area (Å²) in [6.45, 7) is 6.66. The van der Waals surface area contributed by atoms with Crippen molar-refractivity contribution in [1.82, 2.24) is 19.7 Å². The van der Waals surface area contributed by atoms with Crippen LogP contribution < -0.4 is 0 Å². The molecular weight excluding hydrogens is 348 g/mol. The van der Waals surface area contributed by atoms with E-state index in [-0.39, 0.29) is 29.2 Å².